The van der Waals surface area contributed by atoms with Gasteiger partial charge in [0.25, 0.3) is 0 Å². The van der Waals surface area contributed by atoms with Crippen molar-refractivity contribution >= 4 is 29.4 Å². The average molecular weight is 919 g/mol. The van der Waals surface area contributed by atoms with Gasteiger partial charge in [-0.3, -0.25) is 24.0 Å². The molecule has 2 atom stereocenters. The van der Waals surface area contributed by atoms with Gasteiger partial charge < -0.3 is 30.7 Å². The second kappa shape index (κ2) is 44.0. The quantitative estimate of drug-likeness (QED) is 0.0580. The van der Waals surface area contributed by atoms with Crippen LogP contribution in [0.5, 0.6) is 0 Å². The van der Waals surface area contributed by atoms with Crippen molar-refractivity contribution in [3.63, 3.8) is 0 Å². The number of amides is 4. The van der Waals surface area contributed by atoms with E-state index in [0.29, 0.717) is 39.3 Å². The first-order valence-electron chi connectivity index (χ1n) is 27.5. The van der Waals surface area contributed by atoms with Crippen LogP contribution >= 0.6 is 0 Å². The highest BCUT2D eigenvalue weighted by atomic mass is 16.2. The lowest BCUT2D eigenvalue weighted by molar-refractivity contribution is -0.147. The number of unbranched alkanes of at least 4 members (excludes halogenated alkanes) is 20. The number of ketones is 1. The molecule has 0 saturated heterocycles. The van der Waals surface area contributed by atoms with E-state index in [1.54, 1.807) is 19.6 Å². The Morgan fingerprint density at radius 2 is 0.754 bits per heavy atom. The predicted octanol–water partition coefficient (Wildman–Crippen LogP) is 11.1. The molecular formula is C54H106N6O5. The Labute approximate surface area is 401 Å². The van der Waals surface area contributed by atoms with Crippen molar-refractivity contribution in [2.75, 3.05) is 72.0 Å². The number of nitrogens with one attached hydrogen (secondary N) is 1. The number of nitrogens with two attached hydrogens (primary N) is 1. The van der Waals surface area contributed by atoms with Gasteiger partial charge in [0.2, 0.25) is 23.6 Å². The smallest absolute Gasteiger partial charge is 0.242 e. The Morgan fingerprint density at radius 1 is 0.415 bits per heavy atom. The van der Waals surface area contributed by atoms with Crippen LogP contribution in [0.3, 0.4) is 0 Å². The second-order valence-electron chi connectivity index (χ2n) is 19.4. The summed E-state index contributed by atoms with van der Waals surface area (Å²) in [4.78, 5) is 76.3. The molecule has 0 rings (SSSR count). The zero-order valence-electron chi connectivity index (χ0n) is 43.8. The highest BCUT2D eigenvalue weighted by Gasteiger charge is 2.29. The largest absolute Gasteiger partial charge is 0.334 e. The molecule has 0 saturated carbocycles. The molecule has 0 aromatic heterocycles. The van der Waals surface area contributed by atoms with E-state index in [-0.39, 0.29) is 74.0 Å². The van der Waals surface area contributed by atoms with Crippen molar-refractivity contribution in [3.8, 4) is 0 Å². The molecule has 0 aromatic carbocycles. The summed E-state index contributed by atoms with van der Waals surface area (Å²) in [5.74, 6) is -0.360. The number of hydrogen-bond acceptors (Lipinski definition) is 7. The molecule has 0 aliphatic carbocycles. The Hall–Kier alpha value is -2.53. The predicted molar refractivity (Wildman–Crippen MR) is 274 cm³/mol. The number of carbonyl (C=O) groups is 5. The summed E-state index contributed by atoms with van der Waals surface area (Å²) in [6.07, 6.45) is 32.2. The molecule has 2 unspecified atom stereocenters. The van der Waals surface area contributed by atoms with Crippen LogP contribution in [0, 0.1) is 11.8 Å². The lowest BCUT2D eigenvalue weighted by atomic mass is 9.98. The van der Waals surface area contributed by atoms with E-state index in [2.05, 4.69) is 46.9 Å². The summed E-state index contributed by atoms with van der Waals surface area (Å²) >= 11 is 0. The molecule has 0 spiro atoms. The lowest BCUT2D eigenvalue weighted by Gasteiger charge is -2.33. The molecule has 0 heterocycles. The zero-order chi connectivity index (χ0) is 48.3. The fraction of sp³-hybridized carbons (Fsp3) is 0.907. The summed E-state index contributed by atoms with van der Waals surface area (Å²) in [5.41, 5.74) is 5.71. The second-order valence-corrected chi connectivity index (χ2v) is 19.4. The van der Waals surface area contributed by atoms with Gasteiger partial charge in [0.1, 0.15) is 5.78 Å². The van der Waals surface area contributed by atoms with Gasteiger partial charge in [-0.2, -0.15) is 0 Å². The van der Waals surface area contributed by atoms with Crippen molar-refractivity contribution in [1.29, 1.82) is 0 Å². The minimum atomic E-state index is -0.246. The first-order chi connectivity index (χ1) is 31.5. The Kier molecular flexibility index (Phi) is 42.3. The fourth-order valence-corrected chi connectivity index (χ4v) is 8.72. The number of nitrogens with zero attached hydrogens (tertiary/aromatic N) is 4. The molecule has 0 aliphatic rings. The standard InChI is InChI=1S/C54H106N6O5/c1-8-14-18-20-22-24-26-28-30-32-39-57(51(62)41-56-38-34-37-55)45-54(65)60(44-50(13-6)36-17-11-4)47-52(63)58(40-33-31-29-27-25-23-21-19-15-9-2)46-53(64)59(42-48(7)61)43-49(12-5)35-16-10-3/h49-50,56H,8-47,55H2,1-7H3. The van der Waals surface area contributed by atoms with Crippen LogP contribution in [0.2, 0.25) is 0 Å². The molecule has 11 heteroatoms. The third kappa shape index (κ3) is 34.4. The Balaban J connectivity index is 6.37. The maximum atomic E-state index is 14.6. The summed E-state index contributed by atoms with van der Waals surface area (Å²) in [5, 5.41) is 3.22. The third-order valence-electron chi connectivity index (χ3n) is 13.2. The van der Waals surface area contributed by atoms with Crippen LogP contribution in [0.1, 0.15) is 235 Å². The summed E-state index contributed by atoms with van der Waals surface area (Å²) < 4.78 is 0. The number of hydrogen-bond donors (Lipinski definition) is 2. The van der Waals surface area contributed by atoms with Gasteiger partial charge in [0.15, 0.2) is 0 Å². The number of rotatable bonds is 47. The van der Waals surface area contributed by atoms with Gasteiger partial charge in [-0.05, 0) is 64.0 Å². The monoisotopic (exact) mass is 919 g/mol. The topological polar surface area (TPSA) is 136 Å². The molecule has 65 heavy (non-hydrogen) atoms. The fourth-order valence-electron chi connectivity index (χ4n) is 8.72. The highest BCUT2D eigenvalue weighted by Crippen LogP contribution is 2.18. The maximum Gasteiger partial charge on any atom is 0.242 e. The van der Waals surface area contributed by atoms with E-state index in [1.165, 1.54) is 90.4 Å². The van der Waals surface area contributed by atoms with Crippen LogP contribution in [-0.4, -0.2) is 121 Å². The van der Waals surface area contributed by atoms with E-state index < -0.39 is 0 Å². The van der Waals surface area contributed by atoms with E-state index in [9.17, 15) is 24.0 Å². The van der Waals surface area contributed by atoms with Crippen LogP contribution in [0.15, 0.2) is 0 Å². The van der Waals surface area contributed by atoms with Crippen molar-refractivity contribution < 1.29 is 24.0 Å². The van der Waals surface area contributed by atoms with Crippen molar-refractivity contribution in [2.45, 2.75) is 235 Å². The van der Waals surface area contributed by atoms with E-state index in [4.69, 9.17) is 5.73 Å². The first-order valence-corrected chi connectivity index (χ1v) is 27.5. The Bertz CT molecular complexity index is 1190. The van der Waals surface area contributed by atoms with Crippen LogP contribution in [0.4, 0.5) is 0 Å². The van der Waals surface area contributed by atoms with Crippen LogP contribution < -0.4 is 11.1 Å². The van der Waals surface area contributed by atoms with Gasteiger partial charge in [-0.25, -0.2) is 0 Å². The number of Topliss-reactive ketones (excluding diaryl/α,β-unsaturated/α-hetero) is 1. The average Bonchev–Trinajstić information content (AvgIpc) is 3.29. The van der Waals surface area contributed by atoms with Crippen molar-refractivity contribution in [1.82, 2.24) is 24.9 Å². The minimum Gasteiger partial charge on any atom is -0.334 e. The first kappa shape index (κ1) is 62.5. The van der Waals surface area contributed by atoms with Gasteiger partial charge >= 0.3 is 0 Å². The highest BCUT2D eigenvalue weighted by molar-refractivity contribution is 5.91. The molecule has 0 radical (unpaired) electrons. The van der Waals surface area contributed by atoms with E-state index in [0.717, 1.165) is 103 Å². The van der Waals surface area contributed by atoms with E-state index >= 15 is 0 Å². The SMILES string of the molecule is CCCCCCCCCCCCN(CC(=O)N(CC(=O)N(CCCCCCCCCCCC)CC(=O)N(CC(C)=O)CC(CC)CCCC)CC(CC)CCCC)C(=O)CNCCCN. The van der Waals surface area contributed by atoms with E-state index in [1.807, 2.05) is 0 Å². The molecule has 0 aliphatic heterocycles. The van der Waals surface area contributed by atoms with Crippen LogP contribution in [-0.2, 0) is 24.0 Å². The van der Waals surface area contributed by atoms with Gasteiger partial charge in [-0.1, -0.05) is 196 Å². The molecule has 382 valence electrons. The van der Waals surface area contributed by atoms with Gasteiger partial charge in [0.05, 0.1) is 32.7 Å². The Morgan fingerprint density at radius 3 is 1.12 bits per heavy atom. The molecule has 3 N–H and O–H groups in total. The van der Waals surface area contributed by atoms with Crippen molar-refractivity contribution in [3.05, 3.63) is 0 Å². The number of carbonyl (C=O) groups excluding carboxylic acids is 5. The van der Waals surface area contributed by atoms with Crippen LogP contribution in [0.25, 0.3) is 0 Å². The molecule has 0 fully saturated rings. The minimum absolute atomic E-state index is 0.0337. The summed E-state index contributed by atoms with van der Waals surface area (Å²) in [6.45, 7) is 17.5. The van der Waals surface area contributed by atoms with Gasteiger partial charge in [-0.15, -0.1) is 0 Å². The molecule has 4 amide bonds. The molecule has 0 aromatic rings. The summed E-state index contributed by atoms with van der Waals surface area (Å²) in [6, 6.07) is 0. The summed E-state index contributed by atoms with van der Waals surface area (Å²) in [7, 11) is 0. The lowest BCUT2D eigenvalue weighted by Crippen LogP contribution is -2.52. The molecular weight excluding hydrogens is 813 g/mol. The zero-order valence-corrected chi connectivity index (χ0v) is 43.8. The maximum absolute atomic E-state index is 14.6. The van der Waals surface area contributed by atoms with Crippen molar-refractivity contribution in [2.24, 2.45) is 17.6 Å². The van der Waals surface area contributed by atoms with Gasteiger partial charge in [0, 0.05) is 26.2 Å². The third-order valence-corrected chi connectivity index (χ3v) is 13.2. The molecule has 11 nitrogen and oxygen atoms in total. The normalized spacial score (nSPS) is 12.2. The molecule has 0 bridgehead atoms.